The van der Waals surface area contributed by atoms with Crippen LogP contribution in [0, 0.1) is 5.92 Å². The fourth-order valence-electron chi connectivity index (χ4n) is 1.42. The molecule has 1 aliphatic heterocycles. The zero-order valence-corrected chi connectivity index (χ0v) is 9.50. The molecule has 1 fully saturated rings. The van der Waals surface area contributed by atoms with E-state index in [1.165, 1.54) is 0 Å². The predicted molar refractivity (Wildman–Crippen MR) is 52.3 cm³/mol. The standard InChI is InChI=1S/C10H15F2NO3/c1-9(2,3)16-8(15)13-4-7(5-14)10(11,12)6-13/h5,7H,4,6H2,1-3H3. The summed E-state index contributed by atoms with van der Waals surface area (Å²) in [6, 6.07) is 0. The van der Waals surface area contributed by atoms with Crippen LogP contribution in [0.15, 0.2) is 0 Å². The van der Waals surface area contributed by atoms with Crippen molar-refractivity contribution in [1.82, 2.24) is 4.90 Å². The topological polar surface area (TPSA) is 46.6 Å². The van der Waals surface area contributed by atoms with Crippen molar-refractivity contribution in [1.29, 1.82) is 0 Å². The first-order valence-corrected chi connectivity index (χ1v) is 4.97. The van der Waals surface area contributed by atoms with Crippen LogP contribution in [0.1, 0.15) is 20.8 Å². The highest BCUT2D eigenvalue weighted by Crippen LogP contribution is 2.32. The van der Waals surface area contributed by atoms with Gasteiger partial charge >= 0.3 is 6.09 Å². The molecule has 0 spiro atoms. The van der Waals surface area contributed by atoms with E-state index in [1.807, 2.05) is 0 Å². The van der Waals surface area contributed by atoms with Gasteiger partial charge in [0.2, 0.25) is 0 Å². The molecule has 1 unspecified atom stereocenters. The fraction of sp³-hybridized carbons (Fsp3) is 0.800. The number of ether oxygens (including phenoxy) is 1. The molecular weight excluding hydrogens is 220 g/mol. The number of amides is 1. The highest BCUT2D eigenvalue weighted by molar-refractivity contribution is 5.70. The van der Waals surface area contributed by atoms with E-state index in [0.29, 0.717) is 0 Å². The molecule has 0 bridgehead atoms. The Hall–Kier alpha value is -1.20. The van der Waals surface area contributed by atoms with Crippen molar-refractivity contribution >= 4 is 12.4 Å². The van der Waals surface area contributed by atoms with E-state index in [2.05, 4.69) is 0 Å². The summed E-state index contributed by atoms with van der Waals surface area (Å²) in [5.41, 5.74) is -0.731. The molecule has 1 rings (SSSR count). The number of carbonyl (C=O) groups excluding carboxylic acids is 2. The number of hydrogen-bond donors (Lipinski definition) is 0. The molecule has 0 aliphatic carbocycles. The number of rotatable bonds is 1. The van der Waals surface area contributed by atoms with Gasteiger partial charge in [-0.25, -0.2) is 13.6 Å². The number of carbonyl (C=O) groups is 2. The molecule has 1 atom stereocenters. The fourth-order valence-corrected chi connectivity index (χ4v) is 1.42. The highest BCUT2D eigenvalue weighted by Gasteiger charge is 2.50. The van der Waals surface area contributed by atoms with E-state index in [1.54, 1.807) is 20.8 Å². The monoisotopic (exact) mass is 235 g/mol. The lowest BCUT2D eigenvalue weighted by atomic mass is 10.1. The third-order valence-corrected chi connectivity index (χ3v) is 2.18. The van der Waals surface area contributed by atoms with Gasteiger partial charge in [-0.1, -0.05) is 0 Å². The molecule has 92 valence electrons. The van der Waals surface area contributed by atoms with Gasteiger partial charge in [-0.3, -0.25) is 0 Å². The first-order chi connectivity index (χ1) is 7.15. The third-order valence-electron chi connectivity index (χ3n) is 2.18. The van der Waals surface area contributed by atoms with Crippen LogP contribution in [0.5, 0.6) is 0 Å². The third kappa shape index (κ3) is 2.90. The summed E-state index contributed by atoms with van der Waals surface area (Å²) < 4.78 is 31.3. The van der Waals surface area contributed by atoms with Crippen LogP contribution >= 0.6 is 0 Å². The van der Waals surface area contributed by atoms with Crippen LogP contribution in [-0.4, -0.2) is 41.9 Å². The lowest BCUT2D eigenvalue weighted by Crippen LogP contribution is -2.36. The Kier molecular flexibility index (Phi) is 3.21. The maximum absolute atomic E-state index is 13.2. The number of alkyl halides is 2. The van der Waals surface area contributed by atoms with Crippen LogP contribution in [0.25, 0.3) is 0 Å². The number of halogens is 2. The smallest absolute Gasteiger partial charge is 0.410 e. The molecule has 1 heterocycles. The minimum absolute atomic E-state index is 0.185. The molecule has 0 aromatic carbocycles. The van der Waals surface area contributed by atoms with E-state index >= 15 is 0 Å². The van der Waals surface area contributed by atoms with Crippen LogP contribution in [0.4, 0.5) is 13.6 Å². The number of likely N-dealkylation sites (tertiary alicyclic amines) is 1. The average molecular weight is 235 g/mol. The molecule has 0 aromatic rings. The molecule has 0 N–H and O–H groups in total. The summed E-state index contributed by atoms with van der Waals surface area (Å²) in [6.07, 6.45) is -0.624. The summed E-state index contributed by atoms with van der Waals surface area (Å²) in [5, 5.41) is 0. The average Bonchev–Trinajstić information content (AvgIpc) is 2.37. The highest BCUT2D eigenvalue weighted by atomic mass is 19.3. The summed E-state index contributed by atoms with van der Waals surface area (Å²) in [5.74, 6) is -4.58. The minimum Gasteiger partial charge on any atom is -0.444 e. The van der Waals surface area contributed by atoms with Crippen molar-refractivity contribution in [2.45, 2.75) is 32.3 Å². The lowest BCUT2D eigenvalue weighted by molar-refractivity contribution is -0.119. The van der Waals surface area contributed by atoms with Crippen molar-refractivity contribution in [2.75, 3.05) is 13.1 Å². The predicted octanol–water partition coefficient (Wildman–Crippen LogP) is 1.69. The van der Waals surface area contributed by atoms with Crippen molar-refractivity contribution in [3.05, 3.63) is 0 Å². The number of hydrogen-bond acceptors (Lipinski definition) is 3. The van der Waals surface area contributed by atoms with Crippen LogP contribution in [0.2, 0.25) is 0 Å². The quantitative estimate of drug-likeness (QED) is 0.650. The van der Waals surface area contributed by atoms with Crippen molar-refractivity contribution < 1.29 is 23.1 Å². The second kappa shape index (κ2) is 3.99. The second-order valence-electron chi connectivity index (χ2n) is 4.86. The van der Waals surface area contributed by atoms with Gasteiger partial charge in [-0.2, -0.15) is 0 Å². The van der Waals surface area contributed by atoms with Gasteiger partial charge in [-0.15, -0.1) is 0 Å². The van der Waals surface area contributed by atoms with Gasteiger partial charge in [0.05, 0.1) is 12.5 Å². The van der Waals surface area contributed by atoms with Gasteiger partial charge in [0.25, 0.3) is 5.92 Å². The maximum atomic E-state index is 13.2. The van der Waals surface area contributed by atoms with Gasteiger partial charge in [0, 0.05) is 6.54 Å². The van der Waals surface area contributed by atoms with Crippen molar-refractivity contribution in [3.63, 3.8) is 0 Å². The summed E-state index contributed by atoms with van der Waals surface area (Å²) in [7, 11) is 0. The molecule has 6 heteroatoms. The van der Waals surface area contributed by atoms with E-state index in [-0.39, 0.29) is 12.8 Å². The molecular formula is C10H15F2NO3. The first-order valence-electron chi connectivity index (χ1n) is 4.97. The summed E-state index contributed by atoms with van der Waals surface area (Å²) in [6.45, 7) is 3.90. The molecule has 16 heavy (non-hydrogen) atoms. The lowest BCUT2D eigenvalue weighted by Gasteiger charge is -2.24. The Morgan fingerprint density at radius 1 is 1.50 bits per heavy atom. The molecule has 4 nitrogen and oxygen atoms in total. The SMILES string of the molecule is CC(C)(C)OC(=O)N1CC(C=O)C(F)(F)C1. The Labute approximate surface area is 92.5 Å². The van der Waals surface area contributed by atoms with Gasteiger partial charge in [0.1, 0.15) is 11.9 Å². The molecule has 0 aromatic heterocycles. The molecule has 1 amide bonds. The maximum Gasteiger partial charge on any atom is 0.410 e. The van der Waals surface area contributed by atoms with Crippen LogP contribution in [0.3, 0.4) is 0 Å². The van der Waals surface area contributed by atoms with Gasteiger partial charge in [0.15, 0.2) is 0 Å². The molecule has 0 saturated carbocycles. The molecule has 1 aliphatic rings. The Bertz CT molecular complexity index is 299. The zero-order chi connectivity index (χ0) is 12.6. The Morgan fingerprint density at radius 2 is 2.06 bits per heavy atom. The van der Waals surface area contributed by atoms with Crippen LogP contribution in [-0.2, 0) is 9.53 Å². The second-order valence-corrected chi connectivity index (χ2v) is 4.86. The van der Waals surface area contributed by atoms with E-state index in [9.17, 15) is 18.4 Å². The minimum atomic E-state index is -3.15. The van der Waals surface area contributed by atoms with Crippen molar-refractivity contribution in [3.8, 4) is 0 Å². The Balaban J connectivity index is 2.65. The first kappa shape index (κ1) is 12.9. The van der Waals surface area contributed by atoms with Gasteiger partial charge in [-0.05, 0) is 20.8 Å². The zero-order valence-electron chi connectivity index (χ0n) is 9.50. The van der Waals surface area contributed by atoms with Gasteiger partial charge < -0.3 is 14.4 Å². The largest absolute Gasteiger partial charge is 0.444 e. The summed E-state index contributed by atoms with van der Waals surface area (Å²) >= 11 is 0. The molecule has 0 radical (unpaired) electrons. The summed E-state index contributed by atoms with van der Waals surface area (Å²) in [4.78, 5) is 22.7. The van der Waals surface area contributed by atoms with E-state index in [4.69, 9.17) is 4.74 Å². The van der Waals surface area contributed by atoms with Crippen molar-refractivity contribution in [2.24, 2.45) is 5.92 Å². The normalized spacial score (nSPS) is 24.3. The van der Waals surface area contributed by atoms with E-state index in [0.717, 1.165) is 4.90 Å². The van der Waals surface area contributed by atoms with E-state index < -0.39 is 30.1 Å². The Morgan fingerprint density at radius 3 is 2.44 bits per heavy atom. The molecule has 1 saturated heterocycles. The number of nitrogens with zero attached hydrogens (tertiary/aromatic N) is 1. The van der Waals surface area contributed by atoms with Crippen LogP contribution < -0.4 is 0 Å². The number of aldehydes is 1.